The van der Waals surface area contributed by atoms with E-state index in [1.165, 1.54) is 4.90 Å². The van der Waals surface area contributed by atoms with Crippen LogP contribution in [0.4, 0.5) is 0 Å². The molecule has 9 N–H and O–H groups in total. The molecule has 3 rings (SSSR count). The summed E-state index contributed by atoms with van der Waals surface area (Å²) in [4.78, 5) is 82.1. The minimum atomic E-state index is -1.11. The summed E-state index contributed by atoms with van der Waals surface area (Å²) >= 11 is 0. The third-order valence-electron chi connectivity index (χ3n) is 9.61. The number of hydrogen-bond acceptors (Lipinski definition) is 8. The number of hydrogen-bond donors (Lipinski definition) is 7. The quantitative estimate of drug-likeness (QED) is 0.0870. The Morgan fingerprint density at radius 3 is 1.67 bits per heavy atom. The normalized spacial score (nSPS) is 16.8. The monoisotopic (exact) mass is 763 g/mol. The van der Waals surface area contributed by atoms with Gasteiger partial charge in [-0.1, -0.05) is 88.4 Å². The number of carboxylic acids is 1. The van der Waals surface area contributed by atoms with Gasteiger partial charge < -0.3 is 42.7 Å². The molecule has 0 spiro atoms. The van der Waals surface area contributed by atoms with Crippen molar-refractivity contribution in [2.75, 3.05) is 13.1 Å². The minimum Gasteiger partial charge on any atom is -0.480 e. The van der Waals surface area contributed by atoms with E-state index in [-0.39, 0.29) is 44.1 Å². The summed E-state index contributed by atoms with van der Waals surface area (Å²) in [7, 11) is 0. The lowest BCUT2D eigenvalue weighted by Crippen LogP contribution is -2.59. The van der Waals surface area contributed by atoms with Crippen LogP contribution >= 0.6 is 0 Å². The molecule has 2 aromatic carbocycles. The van der Waals surface area contributed by atoms with Gasteiger partial charge >= 0.3 is 5.97 Å². The van der Waals surface area contributed by atoms with E-state index in [4.69, 9.17) is 11.5 Å². The molecular formula is C41H61N7O7. The molecule has 0 radical (unpaired) electrons. The Balaban J connectivity index is 1.81. The fourth-order valence-corrected chi connectivity index (χ4v) is 6.76. The Kier molecular flexibility index (Phi) is 18.3. The molecule has 1 aliphatic heterocycles. The number of rotatable bonds is 22. The van der Waals surface area contributed by atoms with Gasteiger partial charge in [0.05, 0.1) is 6.04 Å². The number of nitrogens with two attached hydrogens (primary N) is 2. The first-order valence-corrected chi connectivity index (χ1v) is 19.5. The predicted molar refractivity (Wildman–Crippen MR) is 210 cm³/mol. The zero-order valence-electron chi connectivity index (χ0n) is 32.7. The maximum atomic E-state index is 14.0. The van der Waals surface area contributed by atoms with E-state index in [1.54, 1.807) is 0 Å². The summed E-state index contributed by atoms with van der Waals surface area (Å²) in [6.07, 6.45) is 3.05. The number of amides is 5. The van der Waals surface area contributed by atoms with Gasteiger partial charge in [-0.25, -0.2) is 4.79 Å². The topological polar surface area (TPSA) is 226 Å². The number of unbranched alkanes of at least 4 members (excludes halogenated alkanes) is 1. The molecule has 14 heteroatoms. The molecule has 1 fully saturated rings. The number of nitrogens with one attached hydrogen (secondary N) is 4. The van der Waals surface area contributed by atoms with E-state index in [2.05, 4.69) is 21.3 Å². The number of carbonyl (C=O) groups excluding carboxylic acids is 5. The molecule has 5 amide bonds. The summed E-state index contributed by atoms with van der Waals surface area (Å²) in [5.74, 6) is -3.88. The van der Waals surface area contributed by atoms with Crippen LogP contribution in [0.1, 0.15) is 83.8 Å². The average molecular weight is 764 g/mol. The van der Waals surface area contributed by atoms with Crippen LogP contribution in [0.5, 0.6) is 0 Å². The van der Waals surface area contributed by atoms with Crippen molar-refractivity contribution in [1.29, 1.82) is 0 Å². The second-order valence-electron chi connectivity index (χ2n) is 15.3. The Hall–Kier alpha value is -4.82. The van der Waals surface area contributed by atoms with Gasteiger partial charge in [0.2, 0.25) is 29.5 Å². The van der Waals surface area contributed by atoms with Crippen molar-refractivity contribution < 1.29 is 33.9 Å². The molecule has 0 saturated carbocycles. The van der Waals surface area contributed by atoms with E-state index in [9.17, 15) is 33.9 Å². The number of benzene rings is 2. The zero-order chi connectivity index (χ0) is 40.5. The first-order chi connectivity index (χ1) is 26.2. The van der Waals surface area contributed by atoms with Crippen LogP contribution in [0.15, 0.2) is 60.7 Å². The van der Waals surface area contributed by atoms with E-state index in [1.807, 2.05) is 88.4 Å². The second-order valence-corrected chi connectivity index (χ2v) is 15.3. The number of aliphatic carboxylic acids is 1. The maximum absolute atomic E-state index is 14.0. The highest BCUT2D eigenvalue weighted by Crippen LogP contribution is 2.20. The molecule has 0 aliphatic carbocycles. The number of likely N-dealkylation sites (tertiary alicyclic amines) is 1. The van der Waals surface area contributed by atoms with Crippen LogP contribution in [0, 0.1) is 11.8 Å². The van der Waals surface area contributed by atoms with Gasteiger partial charge in [0, 0.05) is 13.0 Å². The second kappa shape index (κ2) is 22.5. The molecule has 1 aliphatic rings. The standard InChI is InChI=1S/C41H61N7O7/c1-26(2)22-32(45-36(49)30(43)24-28-14-7-5-8-15-28)39(52)46-33(23-27(3)4)38(51)44-31(18-11-12-20-42)37(50)47-34(25-29-16-9-6-10-17-29)40(53)48-21-13-19-35(48)41(54)55/h5-10,14-17,26-27,30-35H,11-13,18-25,42-43H2,1-4H3,(H,44,51)(H,45,49)(H,46,52)(H,47,50)(H,54,55)/t30-,31-,32-,33-,34-,35-/m0/s1. The fourth-order valence-electron chi connectivity index (χ4n) is 6.76. The summed E-state index contributed by atoms with van der Waals surface area (Å²) in [5, 5.41) is 21.0. The molecule has 1 heterocycles. The molecule has 302 valence electrons. The molecule has 55 heavy (non-hydrogen) atoms. The molecule has 6 atom stereocenters. The zero-order valence-corrected chi connectivity index (χ0v) is 32.7. The number of nitrogens with zero attached hydrogens (tertiary/aromatic N) is 1. The molecule has 1 saturated heterocycles. The molecular weight excluding hydrogens is 702 g/mol. The van der Waals surface area contributed by atoms with Crippen LogP contribution in [0.25, 0.3) is 0 Å². The first kappa shape index (κ1) is 44.6. The third kappa shape index (κ3) is 14.7. The number of carbonyl (C=O) groups is 6. The lowest BCUT2D eigenvalue weighted by molar-refractivity contribution is -0.149. The average Bonchev–Trinajstić information content (AvgIpc) is 3.64. The van der Waals surface area contributed by atoms with Gasteiger partial charge in [-0.3, -0.25) is 24.0 Å². The maximum Gasteiger partial charge on any atom is 0.326 e. The summed E-state index contributed by atoms with van der Waals surface area (Å²) in [5.41, 5.74) is 13.6. The largest absolute Gasteiger partial charge is 0.480 e. The molecule has 0 bridgehead atoms. The van der Waals surface area contributed by atoms with Crippen LogP contribution in [0.2, 0.25) is 0 Å². The summed E-state index contributed by atoms with van der Waals surface area (Å²) < 4.78 is 0. The van der Waals surface area contributed by atoms with Crippen molar-refractivity contribution in [2.45, 2.75) is 122 Å². The van der Waals surface area contributed by atoms with Crippen molar-refractivity contribution in [1.82, 2.24) is 26.2 Å². The predicted octanol–water partition coefficient (Wildman–Crippen LogP) is 2.04. The lowest BCUT2D eigenvalue weighted by atomic mass is 9.98. The highest BCUT2D eigenvalue weighted by Gasteiger charge is 2.39. The smallest absolute Gasteiger partial charge is 0.326 e. The van der Waals surface area contributed by atoms with Crippen LogP contribution in [-0.4, -0.2) is 94.9 Å². The lowest BCUT2D eigenvalue weighted by Gasteiger charge is -2.30. The van der Waals surface area contributed by atoms with Gasteiger partial charge in [-0.15, -0.1) is 0 Å². The molecule has 0 aromatic heterocycles. The van der Waals surface area contributed by atoms with Crippen molar-refractivity contribution in [3.8, 4) is 0 Å². The van der Waals surface area contributed by atoms with Crippen molar-refractivity contribution in [3.05, 3.63) is 71.8 Å². The highest BCUT2D eigenvalue weighted by atomic mass is 16.4. The van der Waals surface area contributed by atoms with Crippen LogP contribution < -0.4 is 32.7 Å². The molecule has 14 nitrogen and oxygen atoms in total. The molecule has 2 aromatic rings. The van der Waals surface area contributed by atoms with Crippen LogP contribution in [0.3, 0.4) is 0 Å². The fraction of sp³-hybridized carbons (Fsp3) is 0.561. The van der Waals surface area contributed by atoms with Crippen molar-refractivity contribution in [3.63, 3.8) is 0 Å². The van der Waals surface area contributed by atoms with E-state index < -0.39 is 71.8 Å². The Morgan fingerprint density at radius 1 is 0.691 bits per heavy atom. The highest BCUT2D eigenvalue weighted by molar-refractivity contribution is 5.96. The van der Waals surface area contributed by atoms with Gasteiger partial charge in [-0.05, 0) is 80.9 Å². The first-order valence-electron chi connectivity index (χ1n) is 19.5. The summed E-state index contributed by atoms with van der Waals surface area (Å²) in [6, 6.07) is 12.3. The molecule has 0 unspecified atom stereocenters. The Labute approximate surface area is 324 Å². The van der Waals surface area contributed by atoms with E-state index in [0.29, 0.717) is 38.6 Å². The Bertz CT molecular complexity index is 1560. The minimum absolute atomic E-state index is 0.0206. The van der Waals surface area contributed by atoms with Gasteiger partial charge in [0.1, 0.15) is 30.2 Å². The number of carboxylic acid groups (broad SMARTS) is 1. The van der Waals surface area contributed by atoms with Gasteiger partial charge in [0.25, 0.3) is 0 Å². The third-order valence-corrected chi connectivity index (χ3v) is 9.61. The van der Waals surface area contributed by atoms with E-state index >= 15 is 0 Å². The van der Waals surface area contributed by atoms with Crippen molar-refractivity contribution >= 4 is 35.5 Å². The Morgan fingerprint density at radius 2 is 1.16 bits per heavy atom. The van der Waals surface area contributed by atoms with E-state index in [0.717, 1.165) is 11.1 Å². The van der Waals surface area contributed by atoms with Crippen LogP contribution in [-0.2, 0) is 41.6 Å². The SMILES string of the molecule is CC(C)C[C@H](NC(=O)[C@H](CC(C)C)NC(=O)[C@@H](N)Cc1ccccc1)C(=O)N[C@@H](CCCCN)C(=O)N[C@@H](Cc1ccccc1)C(=O)N1CCC[C@H]1C(=O)O. The van der Waals surface area contributed by atoms with Crippen molar-refractivity contribution in [2.24, 2.45) is 23.3 Å². The summed E-state index contributed by atoms with van der Waals surface area (Å²) in [6.45, 7) is 8.25. The van der Waals surface area contributed by atoms with Gasteiger partial charge in [-0.2, -0.15) is 0 Å². The van der Waals surface area contributed by atoms with Gasteiger partial charge in [0.15, 0.2) is 0 Å².